The normalized spacial score (nSPS) is 24.9. The van der Waals surface area contributed by atoms with Gasteiger partial charge in [-0.1, -0.05) is 0 Å². The topological polar surface area (TPSA) is 64.4 Å². The van der Waals surface area contributed by atoms with Gasteiger partial charge < -0.3 is 15.8 Å². The molecule has 0 aromatic carbocycles. The lowest BCUT2D eigenvalue weighted by molar-refractivity contribution is -0.135. The van der Waals surface area contributed by atoms with E-state index in [-0.39, 0.29) is 11.3 Å². The van der Waals surface area contributed by atoms with Crippen LogP contribution < -0.4 is 11.1 Å². The van der Waals surface area contributed by atoms with Crippen LogP contribution >= 0.6 is 0 Å². The molecule has 1 heterocycles. The Bertz CT molecular complexity index is 233. The molecular weight excluding hydrogens is 192 g/mol. The third-order valence-corrected chi connectivity index (χ3v) is 3.57. The van der Waals surface area contributed by atoms with Gasteiger partial charge in [-0.15, -0.1) is 0 Å². The number of nitrogens with one attached hydrogen (secondary N) is 1. The smallest absolute Gasteiger partial charge is 0.227 e. The second-order valence-electron chi connectivity index (χ2n) is 4.75. The van der Waals surface area contributed by atoms with E-state index in [0.29, 0.717) is 19.8 Å². The van der Waals surface area contributed by atoms with Crippen LogP contribution in [0.25, 0.3) is 0 Å². The van der Waals surface area contributed by atoms with Crippen LogP contribution in [0.15, 0.2) is 0 Å². The van der Waals surface area contributed by atoms with Crippen molar-refractivity contribution in [3.05, 3.63) is 0 Å². The Morgan fingerprint density at radius 1 is 1.40 bits per heavy atom. The van der Waals surface area contributed by atoms with Crippen molar-refractivity contribution in [3.63, 3.8) is 0 Å². The number of ether oxygens (including phenoxy) is 1. The highest BCUT2D eigenvalue weighted by Crippen LogP contribution is 2.31. The Kier molecular flexibility index (Phi) is 3.26. The number of amides is 1. The minimum atomic E-state index is -0.354. The van der Waals surface area contributed by atoms with Crippen LogP contribution in [0.2, 0.25) is 0 Å². The fourth-order valence-corrected chi connectivity index (χ4v) is 2.03. The largest absolute Gasteiger partial charge is 0.381 e. The summed E-state index contributed by atoms with van der Waals surface area (Å²) in [5.74, 6) is 0.865. The number of carbonyl (C=O) groups is 1. The highest BCUT2D eigenvalue weighted by Gasteiger charge is 2.39. The SMILES string of the molecule is NCC1(C(=O)NCC2CC2)CCOCC1. The summed E-state index contributed by atoms with van der Waals surface area (Å²) in [6.07, 6.45) is 4.05. The molecule has 1 saturated heterocycles. The van der Waals surface area contributed by atoms with E-state index < -0.39 is 0 Å². The summed E-state index contributed by atoms with van der Waals surface area (Å²) in [6, 6.07) is 0. The van der Waals surface area contributed by atoms with Gasteiger partial charge in [0.2, 0.25) is 5.91 Å². The first kappa shape index (κ1) is 10.9. The van der Waals surface area contributed by atoms with Crippen molar-refractivity contribution in [2.75, 3.05) is 26.3 Å². The fraction of sp³-hybridized carbons (Fsp3) is 0.909. The van der Waals surface area contributed by atoms with Crippen LogP contribution in [-0.2, 0) is 9.53 Å². The first-order valence-corrected chi connectivity index (χ1v) is 5.83. The van der Waals surface area contributed by atoms with E-state index in [9.17, 15) is 4.79 Å². The molecule has 4 heteroatoms. The number of rotatable bonds is 4. The summed E-state index contributed by atoms with van der Waals surface area (Å²) in [5.41, 5.74) is 5.39. The number of hydrogen-bond donors (Lipinski definition) is 2. The molecule has 1 amide bonds. The molecule has 0 radical (unpaired) electrons. The van der Waals surface area contributed by atoms with E-state index in [2.05, 4.69) is 5.32 Å². The van der Waals surface area contributed by atoms with Gasteiger partial charge in [0, 0.05) is 26.3 Å². The molecule has 1 aliphatic heterocycles. The number of hydrogen-bond acceptors (Lipinski definition) is 3. The van der Waals surface area contributed by atoms with Gasteiger partial charge in [-0.25, -0.2) is 0 Å². The maximum atomic E-state index is 12.0. The molecule has 0 unspecified atom stereocenters. The molecule has 0 atom stereocenters. The summed E-state index contributed by atoms with van der Waals surface area (Å²) < 4.78 is 5.28. The molecule has 1 saturated carbocycles. The molecule has 0 spiro atoms. The predicted molar refractivity (Wildman–Crippen MR) is 57.3 cm³/mol. The number of carbonyl (C=O) groups excluding carboxylic acids is 1. The van der Waals surface area contributed by atoms with E-state index >= 15 is 0 Å². The Labute approximate surface area is 90.5 Å². The molecule has 1 aliphatic carbocycles. The van der Waals surface area contributed by atoms with Crippen molar-refractivity contribution in [2.24, 2.45) is 17.1 Å². The summed E-state index contributed by atoms with van der Waals surface area (Å²) >= 11 is 0. The average molecular weight is 212 g/mol. The van der Waals surface area contributed by atoms with E-state index in [1.54, 1.807) is 0 Å². The van der Waals surface area contributed by atoms with Crippen molar-refractivity contribution in [1.29, 1.82) is 0 Å². The predicted octanol–water partition coefficient (Wildman–Crippen LogP) is 0.268. The van der Waals surface area contributed by atoms with Crippen molar-refractivity contribution < 1.29 is 9.53 Å². The second kappa shape index (κ2) is 4.49. The molecule has 86 valence electrons. The standard InChI is InChI=1S/C11H20N2O2/c12-8-11(3-5-15-6-4-11)10(14)13-7-9-1-2-9/h9H,1-8,12H2,(H,13,14). The zero-order valence-electron chi connectivity index (χ0n) is 9.13. The third-order valence-electron chi connectivity index (χ3n) is 3.57. The first-order valence-electron chi connectivity index (χ1n) is 5.83. The molecule has 0 aromatic heterocycles. The summed E-state index contributed by atoms with van der Waals surface area (Å²) in [5, 5.41) is 3.03. The lowest BCUT2D eigenvalue weighted by Crippen LogP contribution is -2.49. The summed E-state index contributed by atoms with van der Waals surface area (Å²) in [7, 11) is 0. The van der Waals surface area contributed by atoms with Gasteiger partial charge >= 0.3 is 0 Å². The molecule has 2 fully saturated rings. The van der Waals surface area contributed by atoms with Gasteiger partial charge in [-0.2, -0.15) is 0 Å². The van der Waals surface area contributed by atoms with Crippen molar-refractivity contribution in [1.82, 2.24) is 5.32 Å². The molecule has 2 rings (SSSR count). The van der Waals surface area contributed by atoms with E-state index in [0.717, 1.165) is 25.3 Å². The van der Waals surface area contributed by atoms with Crippen molar-refractivity contribution in [3.8, 4) is 0 Å². The first-order chi connectivity index (χ1) is 7.27. The maximum Gasteiger partial charge on any atom is 0.227 e. The second-order valence-corrected chi connectivity index (χ2v) is 4.75. The molecule has 0 aromatic rings. The van der Waals surface area contributed by atoms with Crippen LogP contribution in [0.1, 0.15) is 25.7 Å². The van der Waals surface area contributed by atoms with Crippen molar-refractivity contribution >= 4 is 5.91 Å². The highest BCUT2D eigenvalue weighted by molar-refractivity contribution is 5.83. The monoisotopic (exact) mass is 212 g/mol. The van der Waals surface area contributed by atoms with Crippen molar-refractivity contribution in [2.45, 2.75) is 25.7 Å². The Hall–Kier alpha value is -0.610. The zero-order valence-corrected chi connectivity index (χ0v) is 9.13. The Balaban J connectivity index is 1.87. The van der Waals surface area contributed by atoms with Crippen LogP contribution in [0.3, 0.4) is 0 Å². The van der Waals surface area contributed by atoms with Crippen LogP contribution in [-0.4, -0.2) is 32.2 Å². The van der Waals surface area contributed by atoms with Crippen LogP contribution in [0.4, 0.5) is 0 Å². The molecule has 2 aliphatic rings. The molecule has 4 nitrogen and oxygen atoms in total. The minimum Gasteiger partial charge on any atom is -0.381 e. The molecule has 3 N–H and O–H groups in total. The fourth-order valence-electron chi connectivity index (χ4n) is 2.03. The Morgan fingerprint density at radius 3 is 2.60 bits per heavy atom. The number of nitrogens with two attached hydrogens (primary N) is 1. The van der Waals surface area contributed by atoms with Gasteiger partial charge in [-0.3, -0.25) is 4.79 Å². The van der Waals surface area contributed by atoms with Gasteiger partial charge in [0.25, 0.3) is 0 Å². The van der Waals surface area contributed by atoms with Crippen LogP contribution in [0, 0.1) is 11.3 Å². The minimum absolute atomic E-state index is 0.139. The average Bonchev–Trinajstić information content (AvgIpc) is 3.10. The van der Waals surface area contributed by atoms with Gasteiger partial charge in [-0.05, 0) is 31.6 Å². The zero-order chi connectivity index (χ0) is 10.7. The molecular formula is C11H20N2O2. The van der Waals surface area contributed by atoms with E-state index in [1.165, 1.54) is 12.8 Å². The van der Waals surface area contributed by atoms with E-state index in [1.807, 2.05) is 0 Å². The quantitative estimate of drug-likeness (QED) is 0.703. The molecule has 0 bridgehead atoms. The third kappa shape index (κ3) is 2.49. The summed E-state index contributed by atoms with van der Waals surface area (Å²) in [6.45, 7) is 2.59. The molecule has 15 heavy (non-hydrogen) atoms. The van der Waals surface area contributed by atoms with Crippen LogP contribution in [0.5, 0.6) is 0 Å². The van der Waals surface area contributed by atoms with Gasteiger partial charge in [0.05, 0.1) is 5.41 Å². The van der Waals surface area contributed by atoms with Gasteiger partial charge in [0.15, 0.2) is 0 Å². The maximum absolute atomic E-state index is 12.0. The highest BCUT2D eigenvalue weighted by atomic mass is 16.5. The van der Waals surface area contributed by atoms with E-state index in [4.69, 9.17) is 10.5 Å². The van der Waals surface area contributed by atoms with Gasteiger partial charge in [0.1, 0.15) is 0 Å². The summed E-state index contributed by atoms with van der Waals surface area (Å²) in [4.78, 5) is 12.0. The lowest BCUT2D eigenvalue weighted by atomic mass is 9.79. The lowest BCUT2D eigenvalue weighted by Gasteiger charge is -2.34. The Morgan fingerprint density at radius 2 is 2.07 bits per heavy atom.